The molecule has 2 aliphatic rings. The van der Waals surface area contributed by atoms with Gasteiger partial charge < -0.3 is 9.64 Å². The number of ether oxygens (including phenoxy) is 1. The molecule has 25 heavy (non-hydrogen) atoms. The second kappa shape index (κ2) is 7.45. The highest BCUT2D eigenvalue weighted by Gasteiger charge is 2.24. The molecule has 134 valence electrons. The van der Waals surface area contributed by atoms with Crippen LogP contribution in [0.15, 0.2) is 17.7 Å². The average Bonchev–Trinajstić information content (AvgIpc) is 3.32. The number of hydrogen-bond acceptors (Lipinski definition) is 5. The van der Waals surface area contributed by atoms with Gasteiger partial charge in [0.25, 0.3) is 0 Å². The largest absolute Gasteiger partial charge is 0.377 e. The molecule has 1 atom stereocenters. The predicted molar refractivity (Wildman–Crippen MR) is 99.1 cm³/mol. The summed E-state index contributed by atoms with van der Waals surface area (Å²) < 4.78 is 7.60. The number of amides is 1. The smallest absolute Gasteiger partial charge is 0.246 e. The lowest BCUT2D eigenvalue weighted by atomic mass is 10.2. The second-order valence-electron chi connectivity index (χ2n) is 6.44. The summed E-state index contributed by atoms with van der Waals surface area (Å²) in [5.41, 5.74) is 0.753. The van der Waals surface area contributed by atoms with Gasteiger partial charge in [0.1, 0.15) is 0 Å². The molecule has 0 spiro atoms. The van der Waals surface area contributed by atoms with Crippen molar-refractivity contribution in [2.75, 3.05) is 39.3 Å². The van der Waals surface area contributed by atoms with Gasteiger partial charge in [0.2, 0.25) is 5.91 Å². The van der Waals surface area contributed by atoms with E-state index < -0.39 is 0 Å². The molecular weight excluding hydrogens is 360 g/mol. The van der Waals surface area contributed by atoms with Crippen LogP contribution in [0.4, 0.5) is 0 Å². The van der Waals surface area contributed by atoms with Crippen molar-refractivity contribution in [3.05, 3.63) is 28.5 Å². The van der Waals surface area contributed by atoms with E-state index in [1.807, 2.05) is 20.9 Å². The number of rotatable bonds is 4. The van der Waals surface area contributed by atoms with Crippen LogP contribution in [0, 0.1) is 0 Å². The molecule has 0 saturated carbocycles. The van der Waals surface area contributed by atoms with Gasteiger partial charge >= 0.3 is 0 Å². The van der Waals surface area contributed by atoms with Gasteiger partial charge in [0, 0.05) is 57.0 Å². The summed E-state index contributed by atoms with van der Waals surface area (Å²) in [5, 5.41) is 2.38. The van der Waals surface area contributed by atoms with Gasteiger partial charge in [-0.3, -0.25) is 14.1 Å². The van der Waals surface area contributed by atoms with Crippen molar-refractivity contribution in [3.63, 3.8) is 0 Å². The Kier molecular flexibility index (Phi) is 5.08. The summed E-state index contributed by atoms with van der Waals surface area (Å²) in [6, 6.07) is 0. The number of nitrogens with zero attached hydrogens (tertiary/aromatic N) is 4. The Hall–Kier alpha value is -1.41. The zero-order valence-electron chi connectivity index (χ0n) is 13.9. The van der Waals surface area contributed by atoms with Crippen LogP contribution in [0.1, 0.15) is 18.5 Å². The maximum atomic E-state index is 12.5. The molecule has 6 nitrogen and oxygen atoms in total. The average molecular weight is 381 g/mol. The number of fused-ring (bicyclic) bond motifs is 1. The molecule has 4 rings (SSSR count). The third kappa shape index (κ3) is 3.74. The highest BCUT2D eigenvalue weighted by atomic mass is 35.5. The van der Waals surface area contributed by atoms with Crippen molar-refractivity contribution in [3.8, 4) is 0 Å². The molecule has 2 fully saturated rings. The fraction of sp³-hybridized carbons (Fsp3) is 0.529. The summed E-state index contributed by atoms with van der Waals surface area (Å²) >= 11 is 7.68. The number of aromatic nitrogens is 2. The van der Waals surface area contributed by atoms with E-state index in [-0.39, 0.29) is 5.91 Å². The number of hydrogen-bond donors (Lipinski definition) is 0. The van der Waals surface area contributed by atoms with Crippen LogP contribution < -0.4 is 0 Å². The summed E-state index contributed by atoms with van der Waals surface area (Å²) in [4.78, 5) is 21.8. The molecule has 2 aromatic heterocycles. The number of piperazine rings is 1. The van der Waals surface area contributed by atoms with Crippen LogP contribution in [0.5, 0.6) is 0 Å². The SMILES string of the molecule is O=C(/C=C\c1c(Cl)nc2sccn12)N1CCN(C[C@H]2CCCO2)CC1. The van der Waals surface area contributed by atoms with Crippen molar-refractivity contribution in [2.45, 2.75) is 18.9 Å². The highest BCUT2D eigenvalue weighted by Crippen LogP contribution is 2.22. The molecule has 0 radical (unpaired) electrons. The molecule has 0 N–H and O–H groups in total. The van der Waals surface area contributed by atoms with Crippen LogP contribution in [-0.4, -0.2) is 70.5 Å². The maximum Gasteiger partial charge on any atom is 0.246 e. The number of halogens is 1. The molecular formula is C17H21ClN4O2S. The molecule has 2 aromatic rings. The van der Waals surface area contributed by atoms with Crippen molar-refractivity contribution in [2.24, 2.45) is 0 Å². The van der Waals surface area contributed by atoms with Crippen molar-refractivity contribution in [1.82, 2.24) is 19.2 Å². The molecule has 0 unspecified atom stereocenters. The number of carbonyl (C=O) groups excluding carboxylic acids is 1. The maximum absolute atomic E-state index is 12.5. The lowest BCUT2D eigenvalue weighted by Gasteiger charge is -2.35. The van der Waals surface area contributed by atoms with Crippen molar-refractivity contribution >= 4 is 39.9 Å². The van der Waals surface area contributed by atoms with Gasteiger partial charge in [-0.25, -0.2) is 4.98 Å². The van der Waals surface area contributed by atoms with E-state index in [2.05, 4.69) is 9.88 Å². The van der Waals surface area contributed by atoms with Crippen LogP contribution in [0.25, 0.3) is 11.0 Å². The van der Waals surface area contributed by atoms with E-state index in [1.54, 1.807) is 12.2 Å². The molecule has 0 bridgehead atoms. The van der Waals surface area contributed by atoms with Crippen molar-refractivity contribution < 1.29 is 9.53 Å². The zero-order chi connectivity index (χ0) is 17.2. The predicted octanol–water partition coefficient (Wildman–Crippen LogP) is 2.39. The van der Waals surface area contributed by atoms with Crippen LogP contribution >= 0.6 is 22.9 Å². The Bertz CT molecular complexity index is 773. The fourth-order valence-corrected chi connectivity index (χ4v) is 4.41. The van der Waals surface area contributed by atoms with Gasteiger partial charge in [0.15, 0.2) is 10.1 Å². The summed E-state index contributed by atoms with van der Waals surface area (Å²) in [6.07, 6.45) is 7.97. The first-order chi connectivity index (χ1) is 12.2. The normalized spacial score (nSPS) is 22.4. The highest BCUT2D eigenvalue weighted by molar-refractivity contribution is 7.15. The summed E-state index contributed by atoms with van der Waals surface area (Å²) in [7, 11) is 0. The Labute approximate surface area is 155 Å². The second-order valence-corrected chi connectivity index (χ2v) is 7.67. The van der Waals surface area contributed by atoms with E-state index in [0.29, 0.717) is 11.3 Å². The van der Waals surface area contributed by atoms with Gasteiger partial charge in [0.05, 0.1) is 11.8 Å². The quantitative estimate of drug-likeness (QED) is 0.764. The monoisotopic (exact) mass is 380 g/mol. The lowest BCUT2D eigenvalue weighted by molar-refractivity contribution is -0.127. The molecule has 2 aliphatic heterocycles. The van der Waals surface area contributed by atoms with Gasteiger partial charge in [-0.1, -0.05) is 11.6 Å². The van der Waals surface area contributed by atoms with Crippen LogP contribution in [0.3, 0.4) is 0 Å². The minimum atomic E-state index is 0.0259. The molecule has 4 heterocycles. The van der Waals surface area contributed by atoms with E-state index in [4.69, 9.17) is 16.3 Å². The van der Waals surface area contributed by atoms with Gasteiger partial charge in [-0.15, -0.1) is 11.3 Å². The zero-order valence-corrected chi connectivity index (χ0v) is 15.5. The molecule has 8 heteroatoms. The summed E-state index contributed by atoms with van der Waals surface area (Å²) in [5.74, 6) is 0.0259. The van der Waals surface area contributed by atoms with E-state index in [1.165, 1.54) is 17.8 Å². The summed E-state index contributed by atoms with van der Waals surface area (Å²) in [6.45, 7) is 5.19. The molecule has 0 aromatic carbocycles. The molecule has 0 aliphatic carbocycles. The number of imidazole rings is 1. The third-order valence-corrected chi connectivity index (χ3v) is 5.84. The topological polar surface area (TPSA) is 50.1 Å². The third-order valence-electron chi connectivity index (χ3n) is 4.81. The Balaban J connectivity index is 1.33. The Morgan fingerprint density at radius 3 is 3.00 bits per heavy atom. The standard InChI is InChI=1S/C17H21ClN4O2S/c18-16-14(22-9-11-25-17(22)19-16)3-4-15(23)21-7-5-20(6-8-21)12-13-2-1-10-24-13/h3-4,9,11,13H,1-2,5-8,10,12H2/b4-3-/t13-/m1/s1. The van der Waals surface area contributed by atoms with Crippen LogP contribution in [0.2, 0.25) is 5.15 Å². The Morgan fingerprint density at radius 2 is 2.24 bits per heavy atom. The Morgan fingerprint density at radius 1 is 1.40 bits per heavy atom. The van der Waals surface area contributed by atoms with E-state index >= 15 is 0 Å². The molecule has 2 saturated heterocycles. The first kappa shape index (κ1) is 17.0. The minimum Gasteiger partial charge on any atom is -0.377 e. The minimum absolute atomic E-state index is 0.0259. The van der Waals surface area contributed by atoms with E-state index in [9.17, 15) is 4.79 Å². The van der Waals surface area contributed by atoms with Gasteiger partial charge in [-0.05, 0) is 18.9 Å². The number of carbonyl (C=O) groups is 1. The van der Waals surface area contributed by atoms with Gasteiger partial charge in [-0.2, -0.15) is 0 Å². The fourth-order valence-electron chi connectivity index (χ4n) is 3.41. The first-order valence-corrected chi connectivity index (χ1v) is 9.88. The lowest BCUT2D eigenvalue weighted by Crippen LogP contribution is -2.50. The van der Waals surface area contributed by atoms with E-state index in [0.717, 1.165) is 56.4 Å². The van der Waals surface area contributed by atoms with Crippen LogP contribution in [-0.2, 0) is 9.53 Å². The first-order valence-electron chi connectivity index (χ1n) is 8.63. The van der Waals surface area contributed by atoms with Crippen molar-refractivity contribution in [1.29, 1.82) is 0 Å². The number of thiazole rings is 1. The molecule has 1 amide bonds.